The Hall–Kier alpha value is -1.35. The zero-order valence-electron chi connectivity index (χ0n) is 10.9. The quantitative estimate of drug-likeness (QED) is 0.858. The van der Waals surface area contributed by atoms with Crippen LogP contribution in [-0.4, -0.2) is 17.1 Å². The second-order valence-corrected chi connectivity index (χ2v) is 5.10. The molecule has 0 aliphatic heterocycles. The van der Waals surface area contributed by atoms with Crippen molar-refractivity contribution < 1.29 is 9.90 Å². The molecular formula is C15H21NO2. The van der Waals surface area contributed by atoms with E-state index in [0.29, 0.717) is 12.8 Å². The van der Waals surface area contributed by atoms with Crippen LogP contribution in [0.5, 0.6) is 0 Å². The first kappa shape index (κ1) is 13.1. The van der Waals surface area contributed by atoms with Gasteiger partial charge in [0.2, 0.25) is 5.91 Å². The molecule has 1 aromatic carbocycles. The molecule has 0 radical (unpaired) electrons. The average Bonchev–Trinajstić information content (AvgIpc) is 2.37. The number of aliphatic hydroxyl groups excluding tert-OH is 1. The number of aliphatic hydroxyl groups is 1. The maximum absolute atomic E-state index is 11.8. The van der Waals surface area contributed by atoms with Gasteiger partial charge in [-0.15, -0.1) is 0 Å². The van der Waals surface area contributed by atoms with Crippen LogP contribution in [0.2, 0.25) is 0 Å². The predicted octanol–water partition coefficient (Wildman–Crippen LogP) is 2.34. The van der Waals surface area contributed by atoms with Gasteiger partial charge in [-0.2, -0.15) is 0 Å². The van der Waals surface area contributed by atoms with Gasteiger partial charge < -0.3 is 10.4 Å². The lowest BCUT2D eigenvalue weighted by molar-refractivity contribution is -0.122. The zero-order chi connectivity index (χ0) is 13.0. The van der Waals surface area contributed by atoms with E-state index in [-0.39, 0.29) is 11.9 Å². The van der Waals surface area contributed by atoms with Gasteiger partial charge in [-0.25, -0.2) is 0 Å². The first-order chi connectivity index (χ1) is 8.66. The summed E-state index contributed by atoms with van der Waals surface area (Å²) >= 11 is 0. The highest BCUT2D eigenvalue weighted by atomic mass is 16.3. The standard InChI is InChI=1S/C15H21NO2/c1-11(17)9-10-15(18)16-14-8-4-6-12-5-2-3-7-13(12)14/h2-3,5,7,11,14,17H,4,6,8-10H2,1H3,(H,16,18). The van der Waals surface area contributed by atoms with E-state index in [1.54, 1.807) is 6.92 Å². The highest BCUT2D eigenvalue weighted by Crippen LogP contribution is 2.29. The molecule has 3 heteroatoms. The fourth-order valence-corrected chi connectivity index (χ4v) is 2.51. The lowest BCUT2D eigenvalue weighted by atomic mass is 9.87. The Labute approximate surface area is 108 Å². The van der Waals surface area contributed by atoms with Gasteiger partial charge in [-0.05, 0) is 43.7 Å². The summed E-state index contributed by atoms with van der Waals surface area (Å²) in [7, 11) is 0. The lowest BCUT2D eigenvalue weighted by Crippen LogP contribution is -2.31. The van der Waals surface area contributed by atoms with Gasteiger partial charge in [0.25, 0.3) is 0 Å². The molecule has 0 aromatic heterocycles. The van der Waals surface area contributed by atoms with E-state index in [1.807, 2.05) is 6.07 Å². The van der Waals surface area contributed by atoms with E-state index >= 15 is 0 Å². The van der Waals surface area contributed by atoms with E-state index in [4.69, 9.17) is 0 Å². The van der Waals surface area contributed by atoms with Gasteiger partial charge in [0, 0.05) is 6.42 Å². The molecule has 0 saturated carbocycles. The third-order valence-electron chi connectivity index (χ3n) is 3.49. The number of rotatable bonds is 4. The van der Waals surface area contributed by atoms with Crippen molar-refractivity contribution in [3.8, 4) is 0 Å². The molecule has 1 amide bonds. The Morgan fingerprint density at radius 3 is 3.06 bits per heavy atom. The van der Waals surface area contributed by atoms with Crippen LogP contribution >= 0.6 is 0 Å². The minimum Gasteiger partial charge on any atom is -0.393 e. The van der Waals surface area contributed by atoms with Crippen LogP contribution in [0.4, 0.5) is 0 Å². The van der Waals surface area contributed by atoms with Crippen LogP contribution < -0.4 is 5.32 Å². The molecular weight excluding hydrogens is 226 g/mol. The number of amides is 1. The molecule has 0 fully saturated rings. The normalized spacial score (nSPS) is 20.0. The second-order valence-electron chi connectivity index (χ2n) is 5.10. The highest BCUT2D eigenvalue weighted by Gasteiger charge is 2.21. The van der Waals surface area contributed by atoms with Crippen molar-refractivity contribution in [2.45, 2.75) is 51.2 Å². The van der Waals surface area contributed by atoms with Gasteiger partial charge in [-0.3, -0.25) is 4.79 Å². The molecule has 1 aromatic rings. The van der Waals surface area contributed by atoms with Crippen LogP contribution in [-0.2, 0) is 11.2 Å². The molecule has 0 heterocycles. The number of fused-ring (bicyclic) bond motifs is 1. The van der Waals surface area contributed by atoms with E-state index in [9.17, 15) is 9.90 Å². The molecule has 1 aliphatic carbocycles. The Kier molecular flexibility index (Phi) is 4.37. The second kappa shape index (κ2) is 6.01. The Bertz CT molecular complexity index is 415. The Morgan fingerprint density at radius 2 is 2.28 bits per heavy atom. The SMILES string of the molecule is CC(O)CCC(=O)NC1CCCc2ccccc21. The van der Waals surface area contributed by atoms with Crippen molar-refractivity contribution >= 4 is 5.91 Å². The third-order valence-corrected chi connectivity index (χ3v) is 3.49. The van der Waals surface area contributed by atoms with Crippen LogP contribution in [0, 0.1) is 0 Å². The molecule has 98 valence electrons. The molecule has 2 N–H and O–H groups in total. The molecule has 0 bridgehead atoms. The lowest BCUT2D eigenvalue weighted by Gasteiger charge is -2.26. The number of nitrogens with one attached hydrogen (secondary N) is 1. The Morgan fingerprint density at radius 1 is 1.50 bits per heavy atom. The molecule has 18 heavy (non-hydrogen) atoms. The summed E-state index contributed by atoms with van der Waals surface area (Å²) in [5, 5.41) is 12.3. The molecule has 0 saturated heterocycles. The van der Waals surface area contributed by atoms with E-state index < -0.39 is 6.10 Å². The summed E-state index contributed by atoms with van der Waals surface area (Å²) in [6.07, 6.45) is 3.76. The van der Waals surface area contributed by atoms with E-state index in [1.165, 1.54) is 11.1 Å². The van der Waals surface area contributed by atoms with Crippen LogP contribution in [0.1, 0.15) is 49.8 Å². The Balaban J connectivity index is 1.96. The molecule has 2 unspecified atom stereocenters. The van der Waals surface area contributed by atoms with Crippen molar-refractivity contribution in [1.82, 2.24) is 5.32 Å². The maximum Gasteiger partial charge on any atom is 0.220 e. The maximum atomic E-state index is 11.8. The van der Waals surface area contributed by atoms with E-state index in [0.717, 1.165) is 19.3 Å². The van der Waals surface area contributed by atoms with Gasteiger partial charge in [0.05, 0.1) is 12.1 Å². The minimum atomic E-state index is -0.408. The summed E-state index contributed by atoms with van der Waals surface area (Å²) in [6.45, 7) is 1.71. The molecule has 2 rings (SSSR count). The largest absolute Gasteiger partial charge is 0.393 e. The number of hydrogen-bond acceptors (Lipinski definition) is 2. The van der Waals surface area contributed by atoms with Gasteiger partial charge >= 0.3 is 0 Å². The van der Waals surface area contributed by atoms with Crippen molar-refractivity contribution in [1.29, 1.82) is 0 Å². The van der Waals surface area contributed by atoms with E-state index in [2.05, 4.69) is 23.5 Å². The van der Waals surface area contributed by atoms with Crippen molar-refractivity contribution in [3.63, 3.8) is 0 Å². The number of benzene rings is 1. The smallest absolute Gasteiger partial charge is 0.220 e. The first-order valence-corrected chi connectivity index (χ1v) is 6.72. The van der Waals surface area contributed by atoms with Crippen LogP contribution in [0.25, 0.3) is 0 Å². The molecule has 3 nitrogen and oxygen atoms in total. The van der Waals surface area contributed by atoms with Crippen molar-refractivity contribution in [3.05, 3.63) is 35.4 Å². The molecule has 0 spiro atoms. The first-order valence-electron chi connectivity index (χ1n) is 6.72. The van der Waals surface area contributed by atoms with Crippen molar-refractivity contribution in [2.24, 2.45) is 0 Å². The zero-order valence-corrected chi connectivity index (χ0v) is 10.9. The predicted molar refractivity (Wildman–Crippen MR) is 71.2 cm³/mol. The summed E-state index contributed by atoms with van der Waals surface area (Å²) < 4.78 is 0. The number of carbonyl (C=O) groups is 1. The topological polar surface area (TPSA) is 49.3 Å². The van der Waals surface area contributed by atoms with Gasteiger partial charge in [0.15, 0.2) is 0 Å². The summed E-state index contributed by atoms with van der Waals surface area (Å²) in [5.74, 6) is 0.0394. The third kappa shape index (κ3) is 3.33. The molecule has 2 atom stereocenters. The number of carbonyl (C=O) groups excluding carboxylic acids is 1. The van der Waals surface area contributed by atoms with Gasteiger partial charge in [0.1, 0.15) is 0 Å². The summed E-state index contributed by atoms with van der Waals surface area (Å²) in [6, 6.07) is 8.48. The fraction of sp³-hybridized carbons (Fsp3) is 0.533. The highest BCUT2D eigenvalue weighted by molar-refractivity contribution is 5.76. The van der Waals surface area contributed by atoms with Gasteiger partial charge in [-0.1, -0.05) is 24.3 Å². The average molecular weight is 247 g/mol. The monoisotopic (exact) mass is 247 g/mol. The summed E-state index contributed by atoms with van der Waals surface area (Å²) in [5.41, 5.74) is 2.61. The van der Waals surface area contributed by atoms with Crippen molar-refractivity contribution in [2.75, 3.05) is 0 Å². The van der Waals surface area contributed by atoms with Crippen LogP contribution in [0.15, 0.2) is 24.3 Å². The fourth-order valence-electron chi connectivity index (χ4n) is 2.51. The number of hydrogen-bond donors (Lipinski definition) is 2. The summed E-state index contributed by atoms with van der Waals surface area (Å²) in [4.78, 5) is 11.8. The minimum absolute atomic E-state index is 0.0394. The van der Waals surface area contributed by atoms with Crippen LogP contribution in [0.3, 0.4) is 0 Å². The molecule has 1 aliphatic rings. The number of aryl methyl sites for hydroxylation is 1.